The minimum Gasteiger partial charge on any atom is -0.493 e. The van der Waals surface area contributed by atoms with E-state index in [1.807, 2.05) is 12.1 Å². The third-order valence-electron chi connectivity index (χ3n) is 2.76. The third kappa shape index (κ3) is 5.17. The van der Waals surface area contributed by atoms with Crippen LogP contribution in [0.2, 0.25) is 0 Å². The SMILES string of the molecule is CCCCNCc1cc(OC)c(OC)c(OC)c1.Cl. The monoisotopic (exact) mass is 289 g/mol. The highest BCUT2D eigenvalue weighted by atomic mass is 35.5. The van der Waals surface area contributed by atoms with Gasteiger partial charge in [-0.2, -0.15) is 0 Å². The summed E-state index contributed by atoms with van der Waals surface area (Å²) in [6.07, 6.45) is 2.38. The Morgan fingerprint density at radius 1 is 1.00 bits per heavy atom. The second-order valence-corrected chi connectivity index (χ2v) is 4.06. The van der Waals surface area contributed by atoms with Crippen LogP contribution in [0.3, 0.4) is 0 Å². The molecule has 1 aromatic carbocycles. The molecule has 0 fully saturated rings. The first-order valence-corrected chi connectivity index (χ1v) is 6.26. The van der Waals surface area contributed by atoms with E-state index in [1.54, 1.807) is 21.3 Å². The van der Waals surface area contributed by atoms with Gasteiger partial charge in [0.1, 0.15) is 0 Å². The summed E-state index contributed by atoms with van der Waals surface area (Å²) in [5.41, 5.74) is 1.13. The quantitative estimate of drug-likeness (QED) is 0.747. The van der Waals surface area contributed by atoms with E-state index in [2.05, 4.69) is 12.2 Å². The number of nitrogens with one attached hydrogen (secondary N) is 1. The van der Waals surface area contributed by atoms with E-state index in [4.69, 9.17) is 14.2 Å². The van der Waals surface area contributed by atoms with E-state index in [0.29, 0.717) is 17.2 Å². The zero-order chi connectivity index (χ0) is 13.4. The lowest BCUT2D eigenvalue weighted by atomic mass is 10.1. The van der Waals surface area contributed by atoms with Gasteiger partial charge >= 0.3 is 0 Å². The molecule has 0 amide bonds. The van der Waals surface area contributed by atoms with Crippen LogP contribution in [0, 0.1) is 0 Å². The van der Waals surface area contributed by atoms with Gasteiger partial charge in [0.25, 0.3) is 0 Å². The maximum atomic E-state index is 5.31. The normalized spacial score (nSPS) is 9.68. The second-order valence-electron chi connectivity index (χ2n) is 4.06. The molecule has 0 radical (unpaired) electrons. The Morgan fingerprint density at radius 3 is 2.00 bits per heavy atom. The highest BCUT2D eigenvalue weighted by Gasteiger charge is 2.12. The third-order valence-corrected chi connectivity index (χ3v) is 2.76. The molecule has 4 nitrogen and oxygen atoms in total. The van der Waals surface area contributed by atoms with Crippen LogP contribution in [0.1, 0.15) is 25.3 Å². The first-order chi connectivity index (χ1) is 8.76. The first-order valence-electron chi connectivity index (χ1n) is 6.26. The molecule has 5 heteroatoms. The predicted molar refractivity (Wildman–Crippen MR) is 80.0 cm³/mol. The number of unbranched alkanes of at least 4 members (excludes halogenated alkanes) is 1. The minimum absolute atomic E-state index is 0. The average Bonchev–Trinajstić information content (AvgIpc) is 2.42. The van der Waals surface area contributed by atoms with Crippen molar-refractivity contribution in [2.24, 2.45) is 0 Å². The summed E-state index contributed by atoms with van der Waals surface area (Å²) in [5.74, 6) is 2.03. The molecule has 0 aliphatic rings. The summed E-state index contributed by atoms with van der Waals surface area (Å²) < 4.78 is 15.9. The van der Waals surface area contributed by atoms with E-state index in [0.717, 1.165) is 18.7 Å². The number of benzene rings is 1. The molecule has 0 bridgehead atoms. The van der Waals surface area contributed by atoms with Crippen LogP contribution in [-0.4, -0.2) is 27.9 Å². The van der Waals surface area contributed by atoms with Crippen LogP contribution in [0.25, 0.3) is 0 Å². The molecule has 0 saturated carbocycles. The fourth-order valence-electron chi connectivity index (χ4n) is 1.77. The van der Waals surface area contributed by atoms with Crippen molar-refractivity contribution in [3.8, 4) is 17.2 Å². The van der Waals surface area contributed by atoms with E-state index in [1.165, 1.54) is 12.8 Å². The second kappa shape index (κ2) is 9.75. The molecule has 0 aliphatic heterocycles. The van der Waals surface area contributed by atoms with Gasteiger partial charge in [-0.25, -0.2) is 0 Å². The lowest BCUT2D eigenvalue weighted by molar-refractivity contribution is 0.323. The van der Waals surface area contributed by atoms with Gasteiger partial charge in [-0.15, -0.1) is 12.4 Å². The Morgan fingerprint density at radius 2 is 1.58 bits per heavy atom. The molecule has 0 atom stereocenters. The molecule has 0 aliphatic carbocycles. The standard InChI is InChI=1S/C14H23NO3.ClH/c1-5-6-7-15-10-11-8-12(16-2)14(18-4)13(9-11)17-3;/h8-9,15H,5-7,10H2,1-4H3;1H. The van der Waals surface area contributed by atoms with E-state index < -0.39 is 0 Å². The Balaban J connectivity index is 0.00000324. The number of hydrogen-bond acceptors (Lipinski definition) is 4. The van der Waals surface area contributed by atoms with Crippen molar-refractivity contribution in [1.29, 1.82) is 0 Å². The van der Waals surface area contributed by atoms with Crippen molar-refractivity contribution in [3.63, 3.8) is 0 Å². The molecule has 0 heterocycles. The van der Waals surface area contributed by atoms with Crippen LogP contribution < -0.4 is 19.5 Å². The highest BCUT2D eigenvalue weighted by Crippen LogP contribution is 2.38. The first kappa shape index (κ1) is 17.9. The van der Waals surface area contributed by atoms with Crippen molar-refractivity contribution < 1.29 is 14.2 Å². The predicted octanol–water partition coefficient (Wildman–Crippen LogP) is 3.02. The highest BCUT2D eigenvalue weighted by molar-refractivity contribution is 5.85. The van der Waals surface area contributed by atoms with Gasteiger partial charge in [0.05, 0.1) is 21.3 Å². The van der Waals surface area contributed by atoms with Crippen molar-refractivity contribution >= 4 is 12.4 Å². The number of halogens is 1. The number of hydrogen-bond donors (Lipinski definition) is 1. The lowest BCUT2D eigenvalue weighted by Crippen LogP contribution is -2.14. The summed E-state index contributed by atoms with van der Waals surface area (Å²) in [7, 11) is 4.87. The molecule has 0 unspecified atom stereocenters. The Kier molecular flexibility index (Phi) is 9.17. The summed E-state index contributed by atoms with van der Waals surface area (Å²) in [6, 6.07) is 3.95. The van der Waals surface area contributed by atoms with Crippen molar-refractivity contribution in [3.05, 3.63) is 17.7 Å². The van der Waals surface area contributed by atoms with Crippen LogP contribution in [-0.2, 0) is 6.54 Å². The van der Waals surface area contributed by atoms with Crippen LogP contribution in [0.4, 0.5) is 0 Å². The Hall–Kier alpha value is -1.13. The van der Waals surface area contributed by atoms with Gasteiger partial charge in [-0.05, 0) is 30.7 Å². The van der Waals surface area contributed by atoms with Crippen LogP contribution >= 0.6 is 12.4 Å². The van der Waals surface area contributed by atoms with Crippen LogP contribution in [0.15, 0.2) is 12.1 Å². The Bertz CT molecular complexity index is 347. The van der Waals surface area contributed by atoms with Crippen molar-refractivity contribution in [1.82, 2.24) is 5.32 Å². The van der Waals surface area contributed by atoms with Crippen molar-refractivity contribution in [2.45, 2.75) is 26.3 Å². The molecule has 19 heavy (non-hydrogen) atoms. The summed E-state index contributed by atoms with van der Waals surface area (Å²) >= 11 is 0. The van der Waals surface area contributed by atoms with Crippen molar-refractivity contribution in [2.75, 3.05) is 27.9 Å². The van der Waals surface area contributed by atoms with Gasteiger partial charge in [0.2, 0.25) is 5.75 Å². The maximum Gasteiger partial charge on any atom is 0.203 e. The zero-order valence-corrected chi connectivity index (χ0v) is 12.9. The largest absolute Gasteiger partial charge is 0.493 e. The summed E-state index contributed by atoms with van der Waals surface area (Å²) in [6.45, 7) is 4.00. The molecule has 1 aromatic rings. The molecular weight excluding hydrogens is 266 g/mol. The molecule has 0 aromatic heterocycles. The number of methoxy groups -OCH3 is 3. The fourth-order valence-corrected chi connectivity index (χ4v) is 1.77. The van der Waals surface area contributed by atoms with Gasteiger partial charge in [-0.1, -0.05) is 13.3 Å². The van der Waals surface area contributed by atoms with E-state index in [-0.39, 0.29) is 12.4 Å². The van der Waals surface area contributed by atoms with Gasteiger partial charge in [-0.3, -0.25) is 0 Å². The lowest BCUT2D eigenvalue weighted by Gasteiger charge is -2.14. The minimum atomic E-state index is 0. The van der Waals surface area contributed by atoms with Gasteiger partial charge in [0, 0.05) is 6.54 Å². The smallest absolute Gasteiger partial charge is 0.203 e. The van der Waals surface area contributed by atoms with Gasteiger partial charge < -0.3 is 19.5 Å². The summed E-state index contributed by atoms with van der Waals surface area (Å²) in [5, 5.41) is 3.39. The molecule has 0 spiro atoms. The molecule has 1 N–H and O–H groups in total. The van der Waals surface area contributed by atoms with Gasteiger partial charge in [0.15, 0.2) is 11.5 Å². The average molecular weight is 290 g/mol. The zero-order valence-electron chi connectivity index (χ0n) is 12.1. The maximum absolute atomic E-state index is 5.31. The summed E-state index contributed by atoms with van der Waals surface area (Å²) in [4.78, 5) is 0. The molecule has 0 saturated heterocycles. The number of rotatable bonds is 8. The van der Waals surface area contributed by atoms with E-state index in [9.17, 15) is 0 Å². The molecular formula is C14H24ClNO3. The molecule has 1 rings (SSSR count). The Labute approximate surface area is 121 Å². The number of ether oxygens (including phenoxy) is 3. The fraction of sp³-hybridized carbons (Fsp3) is 0.571. The van der Waals surface area contributed by atoms with E-state index >= 15 is 0 Å². The van der Waals surface area contributed by atoms with Crippen LogP contribution in [0.5, 0.6) is 17.2 Å². The molecule has 110 valence electrons. The topological polar surface area (TPSA) is 39.7 Å².